The van der Waals surface area contributed by atoms with Gasteiger partial charge in [0.2, 0.25) is 0 Å². The Kier molecular flexibility index (Phi) is 2.83. The van der Waals surface area contributed by atoms with Gasteiger partial charge in [-0.2, -0.15) is 0 Å². The van der Waals surface area contributed by atoms with Crippen LogP contribution in [0.3, 0.4) is 0 Å². The summed E-state index contributed by atoms with van der Waals surface area (Å²) < 4.78 is 1.76. The molecule has 20 heavy (non-hydrogen) atoms. The quantitative estimate of drug-likeness (QED) is 0.689. The van der Waals surface area contributed by atoms with E-state index in [1.165, 1.54) is 6.07 Å². The number of nitrogens with two attached hydrogens (primary N) is 1. The molecule has 0 aliphatic carbocycles. The van der Waals surface area contributed by atoms with E-state index in [0.29, 0.717) is 23.2 Å². The molecule has 0 unspecified atom stereocenters. The molecule has 0 saturated carbocycles. The zero-order valence-corrected chi connectivity index (χ0v) is 10.9. The van der Waals surface area contributed by atoms with Crippen molar-refractivity contribution in [3.63, 3.8) is 0 Å². The molecular weight excluding hydrogens is 254 g/mol. The van der Waals surface area contributed by atoms with Crippen LogP contribution < -0.4 is 11.3 Å². The van der Waals surface area contributed by atoms with E-state index >= 15 is 0 Å². The van der Waals surface area contributed by atoms with E-state index in [-0.39, 0.29) is 5.56 Å². The molecule has 2 aromatic heterocycles. The SMILES string of the molecule is Cc1nc(-n2ccnc2-c2cccc(N)c2)cc(=O)[nH]1. The van der Waals surface area contributed by atoms with Crippen LogP contribution in [0.25, 0.3) is 17.2 Å². The minimum Gasteiger partial charge on any atom is -0.399 e. The van der Waals surface area contributed by atoms with E-state index in [4.69, 9.17) is 5.73 Å². The molecule has 0 aliphatic heterocycles. The zero-order valence-electron chi connectivity index (χ0n) is 10.9. The first-order chi connectivity index (χ1) is 9.63. The number of nitrogens with zero attached hydrogens (tertiary/aromatic N) is 3. The largest absolute Gasteiger partial charge is 0.399 e. The van der Waals surface area contributed by atoms with Gasteiger partial charge in [-0.25, -0.2) is 9.97 Å². The second-order valence-corrected chi connectivity index (χ2v) is 4.44. The van der Waals surface area contributed by atoms with Crippen LogP contribution in [0.4, 0.5) is 5.69 Å². The van der Waals surface area contributed by atoms with Crippen LogP contribution in [0.2, 0.25) is 0 Å². The fraction of sp³-hybridized carbons (Fsp3) is 0.0714. The van der Waals surface area contributed by atoms with Crippen molar-refractivity contribution in [1.82, 2.24) is 19.5 Å². The van der Waals surface area contributed by atoms with E-state index in [9.17, 15) is 4.79 Å². The topological polar surface area (TPSA) is 89.6 Å². The Morgan fingerprint density at radius 2 is 2.15 bits per heavy atom. The van der Waals surface area contributed by atoms with Gasteiger partial charge in [-0.3, -0.25) is 9.36 Å². The Morgan fingerprint density at radius 1 is 1.30 bits per heavy atom. The van der Waals surface area contributed by atoms with Crippen molar-refractivity contribution < 1.29 is 0 Å². The van der Waals surface area contributed by atoms with Crippen molar-refractivity contribution in [2.45, 2.75) is 6.92 Å². The van der Waals surface area contributed by atoms with Gasteiger partial charge in [0.1, 0.15) is 17.5 Å². The summed E-state index contributed by atoms with van der Waals surface area (Å²) in [6.45, 7) is 1.74. The molecule has 0 fully saturated rings. The predicted octanol–water partition coefficient (Wildman–Crippen LogP) is 1.51. The molecular formula is C14H13N5O. The molecule has 0 amide bonds. The number of nitrogen functional groups attached to an aromatic ring is 1. The number of hydrogen-bond donors (Lipinski definition) is 2. The maximum Gasteiger partial charge on any atom is 0.253 e. The number of nitrogens with one attached hydrogen (secondary N) is 1. The van der Waals surface area contributed by atoms with E-state index in [0.717, 1.165) is 5.56 Å². The highest BCUT2D eigenvalue weighted by molar-refractivity contribution is 5.62. The van der Waals surface area contributed by atoms with Gasteiger partial charge in [0.05, 0.1) is 0 Å². The highest BCUT2D eigenvalue weighted by atomic mass is 16.1. The molecule has 0 radical (unpaired) electrons. The van der Waals surface area contributed by atoms with Gasteiger partial charge in [-0.15, -0.1) is 0 Å². The van der Waals surface area contributed by atoms with Gasteiger partial charge in [0.25, 0.3) is 5.56 Å². The van der Waals surface area contributed by atoms with Crippen molar-refractivity contribution >= 4 is 5.69 Å². The first kappa shape index (κ1) is 12.2. The number of anilines is 1. The first-order valence-electron chi connectivity index (χ1n) is 6.11. The molecule has 3 aromatic rings. The maximum atomic E-state index is 11.6. The van der Waals surface area contributed by atoms with E-state index < -0.39 is 0 Å². The number of hydrogen-bond acceptors (Lipinski definition) is 4. The zero-order chi connectivity index (χ0) is 14.1. The fourth-order valence-corrected chi connectivity index (χ4v) is 2.07. The van der Waals surface area contributed by atoms with E-state index in [1.54, 1.807) is 23.9 Å². The number of rotatable bonds is 2. The van der Waals surface area contributed by atoms with E-state index in [2.05, 4.69) is 15.0 Å². The Labute approximate surface area is 114 Å². The summed E-state index contributed by atoms with van der Waals surface area (Å²) in [5.74, 6) is 1.77. The van der Waals surface area contributed by atoms with Crippen LogP contribution in [0.1, 0.15) is 5.82 Å². The second kappa shape index (κ2) is 4.65. The maximum absolute atomic E-state index is 11.6. The lowest BCUT2D eigenvalue weighted by atomic mass is 10.2. The third-order valence-electron chi connectivity index (χ3n) is 2.88. The lowest BCUT2D eigenvalue weighted by Gasteiger charge is -2.07. The number of H-pyrrole nitrogens is 1. The Hall–Kier alpha value is -2.89. The average molecular weight is 267 g/mol. The van der Waals surface area contributed by atoms with Crippen molar-refractivity contribution in [3.8, 4) is 17.2 Å². The molecule has 0 aliphatic rings. The number of aromatic nitrogens is 4. The highest BCUT2D eigenvalue weighted by Crippen LogP contribution is 2.21. The number of aryl methyl sites for hydroxylation is 1. The molecule has 0 bridgehead atoms. The normalized spacial score (nSPS) is 10.7. The van der Waals surface area contributed by atoms with Crippen molar-refractivity contribution in [2.75, 3.05) is 5.73 Å². The minimum atomic E-state index is -0.195. The standard InChI is InChI=1S/C14H13N5O/c1-9-17-12(8-13(20)18-9)19-6-5-16-14(19)10-3-2-4-11(15)7-10/h2-8H,15H2,1H3,(H,17,18,20). The summed E-state index contributed by atoms with van der Waals surface area (Å²) in [7, 11) is 0. The van der Waals surface area contributed by atoms with Crippen molar-refractivity contribution in [3.05, 3.63) is 58.9 Å². The second-order valence-electron chi connectivity index (χ2n) is 4.44. The summed E-state index contributed by atoms with van der Waals surface area (Å²) in [4.78, 5) is 22.8. The molecule has 100 valence electrons. The van der Waals surface area contributed by atoms with Gasteiger partial charge in [-0.05, 0) is 19.1 Å². The molecule has 3 rings (SSSR count). The smallest absolute Gasteiger partial charge is 0.253 e. The molecule has 0 spiro atoms. The van der Waals surface area contributed by atoms with Crippen LogP contribution in [-0.4, -0.2) is 19.5 Å². The van der Waals surface area contributed by atoms with Crippen LogP contribution >= 0.6 is 0 Å². The molecule has 3 N–H and O–H groups in total. The fourth-order valence-electron chi connectivity index (χ4n) is 2.07. The van der Waals surface area contributed by atoms with Crippen LogP contribution in [0.15, 0.2) is 47.5 Å². The van der Waals surface area contributed by atoms with Crippen molar-refractivity contribution in [2.24, 2.45) is 0 Å². The number of aromatic amines is 1. The van der Waals surface area contributed by atoms with Gasteiger partial charge in [0, 0.05) is 29.7 Å². The third kappa shape index (κ3) is 2.18. The minimum absolute atomic E-state index is 0.195. The Bertz CT molecular complexity index is 818. The molecule has 0 saturated heterocycles. The summed E-state index contributed by atoms with van der Waals surface area (Å²) in [5, 5.41) is 0. The van der Waals surface area contributed by atoms with Crippen LogP contribution in [0.5, 0.6) is 0 Å². The van der Waals surface area contributed by atoms with Gasteiger partial charge in [-0.1, -0.05) is 12.1 Å². The van der Waals surface area contributed by atoms with Crippen molar-refractivity contribution in [1.29, 1.82) is 0 Å². The van der Waals surface area contributed by atoms with Crippen LogP contribution in [0, 0.1) is 6.92 Å². The molecule has 0 atom stereocenters. The van der Waals surface area contributed by atoms with Gasteiger partial charge >= 0.3 is 0 Å². The number of imidazole rings is 1. The third-order valence-corrected chi connectivity index (χ3v) is 2.88. The Morgan fingerprint density at radius 3 is 2.90 bits per heavy atom. The molecule has 6 nitrogen and oxygen atoms in total. The van der Waals surface area contributed by atoms with E-state index in [1.807, 2.05) is 24.3 Å². The molecule has 2 heterocycles. The lowest BCUT2D eigenvalue weighted by molar-refractivity contribution is 0.927. The first-order valence-corrected chi connectivity index (χ1v) is 6.11. The molecule has 1 aromatic carbocycles. The Balaban J connectivity index is 2.17. The summed E-state index contributed by atoms with van der Waals surface area (Å²) in [5.41, 5.74) is 7.13. The lowest BCUT2D eigenvalue weighted by Crippen LogP contribution is -2.12. The van der Waals surface area contributed by atoms with Gasteiger partial charge in [0.15, 0.2) is 0 Å². The monoisotopic (exact) mass is 267 g/mol. The number of benzene rings is 1. The summed E-state index contributed by atoms with van der Waals surface area (Å²) in [6.07, 6.45) is 3.43. The summed E-state index contributed by atoms with van der Waals surface area (Å²) in [6, 6.07) is 8.85. The summed E-state index contributed by atoms with van der Waals surface area (Å²) >= 11 is 0. The molecule has 6 heteroatoms. The predicted molar refractivity (Wildman–Crippen MR) is 76.6 cm³/mol. The van der Waals surface area contributed by atoms with Gasteiger partial charge < -0.3 is 10.7 Å². The average Bonchev–Trinajstić information content (AvgIpc) is 2.86. The van der Waals surface area contributed by atoms with Crippen LogP contribution in [-0.2, 0) is 0 Å². The highest BCUT2D eigenvalue weighted by Gasteiger charge is 2.09.